The molecule has 0 bridgehead atoms. The molecule has 3 N–H and O–H groups in total. The van der Waals surface area contributed by atoms with Gasteiger partial charge in [0, 0.05) is 23.5 Å². The maximum atomic E-state index is 12.1. The van der Waals surface area contributed by atoms with E-state index in [1.165, 1.54) is 11.3 Å². The van der Waals surface area contributed by atoms with E-state index in [1.54, 1.807) is 49.5 Å². The van der Waals surface area contributed by atoms with Gasteiger partial charge >= 0.3 is 0 Å². The fourth-order valence-electron chi connectivity index (χ4n) is 2.90. The zero-order chi connectivity index (χ0) is 21.8. The molecule has 2 aromatic carbocycles. The minimum atomic E-state index is -3.29. The third kappa shape index (κ3) is 4.84. The van der Waals surface area contributed by atoms with Gasteiger partial charge in [0.25, 0.3) is 0 Å². The van der Waals surface area contributed by atoms with Crippen LogP contribution in [0.4, 0.5) is 16.6 Å². The fraction of sp³-hybridized carbons (Fsp3) is 0.0909. The number of nitrogens with zero attached hydrogens (tertiary/aromatic N) is 2. The second-order valence-electron chi connectivity index (χ2n) is 6.59. The molecule has 2 heterocycles. The van der Waals surface area contributed by atoms with E-state index in [1.807, 2.05) is 30.3 Å². The lowest BCUT2D eigenvalue weighted by molar-refractivity contribution is 0.496. The molecule has 7 nitrogen and oxygen atoms in total. The number of hydrogen-bond donors (Lipinski definition) is 2. The summed E-state index contributed by atoms with van der Waals surface area (Å²) in [7, 11) is -3.29. The lowest BCUT2D eigenvalue weighted by Gasteiger charge is -2.10. The second kappa shape index (κ2) is 8.75. The van der Waals surface area contributed by atoms with Gasteiger partial charge in [-0.25, -0.2) is 18.4 Å². The number of rotatable bonds is 7. The average Bonchev–Trinajstić information content (AvgIpc) is 3.14. The number of thiazole rings is 1. The zero-order valence-electron chi connectivity index (χ0n) is 16.6. The molecule has 4 aromatic rings. The van der Waals surface area contributed by atoms with Crippen LogP contribution in [0.3, 0.4) is 0 Å². The molecule has 0 radical (unpaired) electrons. The van der Waals surface area contributed by atoms with Crippen molar-refractivity contribution in [2.45, 2.75) is 11.8 Å². The number of aromatic nitrogens is 2. The van der Waals surface area contributed by atoms with E-state index >= 15 is 0 Å². The number of sulfone groups is 1. The Kier molecular flexibility index (Phi) is 5.88. The van der Waals surface area contributed by atoms with Gasteiger partial charge in [-0.05, 0) is 24.3 Å². The van der Waals surface area contributed by atoms with Gasteiger partial charge < -0.3 is 15.8 Å². The smallest absolute Gasteiger partial charge is 0.210 e. The number of nitrogen functional groups attached to an aromatic ring is 1. The van der Waals surface area contributed by atoms with Crippen molar-refractivity contribution in [3.05, 3.63) is 72.9 Å². The van der Waals surface area contributed by atoms with Crippen molar-refractivity contribution in [3.63, 3.8) is 0 Å². The first-order valence-electron chi connectivity index (χ1n) is 9.50. The van der Waals surface area contributed by atoms with Crippen LogP contribution >= 0.6 is 11.3 Å². The number of benzene rings is 2. The fourth-order valence-corrected chi connectivity index (χ4v) is 4.55. The van der Waals surface area contributed by atoms with E-state index in [9.17, 15) is 8.42 Å². The van der Waals surface area contributed by atoms with Crippen molar-refractivity contribution in [2.24, 2.45) is 0 Å². The highest BCUT2D eigenvalue weighted by Crippen LogP contribution is 2.39. The third-order valence-corrected chi connectivity index (χ3v) is 6.94. The van der Waals surface area contributed by atoms with Crippen LogP contribution in [-0.2, 0) is 9.84 Å². The zero-order valence-corrected chi connectivity index (χ0v) is 18.3. The van der Waals surface area contributed by atoms with Gasteiger partial charge in [-0.2, -0.15) is 0 Å². The summed E-state index contributed by atoms with van der Waals surface area (Å²) in [5, 5.41) is 4.12. The molecule has 0 aliphatic heterocycles. The molecule has 158 valence electrons. The minimum absolute atomic E-state index is 0.0414. The first kappa shape index (κ1) is 20.8. The van der Waals surface area contributed by atoms with Crippen LogP contribution in [-0.4, -0.2) is 24.1 Å². The molecule has 0 unspecified atom stereocenters. The number of hydrogen-bond acceptors (Lipinski definition) is 8. The van der Waals surface area contributed by atoms with E-state index < -0.39 is 9.84 Å². The molecule has 31 heavy (non-hydrogen) atoms. The molecular formula is C22H20N4O3S2. The maximum Gasteiger partial charge on any atom is 0.210 e. The standard InChI is InChI=1S/C22H20N4O3S2/c1-2-31(27,28)18-10-6-9-16(13-18)25-19-14-17(11-12-24-19)29-21-20(26-22(23)30-21)15-7-4-3-5-8-15/h3-14H,2H2,1H3,(H2,23,26)(H,24,25). The highest BCUT2D eigenvalue weighted by Gasteiger charge is 2.15. The number of nitrogens with two attached hydrogens (primary N) is 1. The Bertz CT molecular complexity index is 1310. The number of nitrogens with one attached hydrogen (secondary N) is 1. The van der Waals surface area contributed by atoms with E-state index in [-0.39, 0.29) is 10.6 Å². The van der Waals surface area contributed by atoms with Gasteiger partial charge in [-0.1, -0.05) is 54.7 Å². The lowest BCUT2D eigenvalue weighted by Crippen LogP contribution is -2.04. The van der Waals surface area contributed by atoms with E-state index in [0.717, 1.165) is 5.56 Å². The Morgan fingerprint density at radius 2 is 1.87 bits per heavy atom. The Balaban J connectivity index is 1.58. The van der Waals surface area contributed by atoms with Gasteiger partial charge in [-0.3, -0.25) is 0 Å². The van der Waals surface area contributed by atoms with Crippen LogP contribution in [0.25, 0.3) is 11.3 Å². The van der Waals surface area contributed by atoms with Crippen molar-refractivity contribution in [2.75, 3.05) is 16.8 Å². The summed E-state index contributed by atoms with van der Waals surface area (Å²) in [6.07, 6.45) is 1.61. The molecule has 2 aromatic heterocycles. The Labute approximate surface area is 184 Å². The van der Waals surface area contributed by atoms with Gasteiger partial charge in [0.2, 0.25) is 5.06 Å². The quantitative estimate of drug-likeness (QED) is 0.401. The summed E-state index contributed by atoms with van der Waals surface area (Å²) in [4.78, 5) is 8.95. The second-order valence-corrected chi connectivity index (χ2v) is 9.86. The molecule has 0 saturated heterocycles. The van der Waals surface area contributed by atoms with Crippen molar-refractivity contribution in [3.8, 4) is 22.1 Å². The summed E-state index contributed by atoms with van der Waals surface area (Å²) < 4.78 is 30.3. The van der Waals surface area contributed by atoms with Gasteiger partial charge in [0.15, 0.2) is 15.0 Å². The Morgan fingerprint density at radius 1 is 1.06 bits per heavy atom. The number of anilines is 3. The maximum absolute atomic E-state index is 12.1. The highest BCUT2D eigenvalue weighted by molar-refractivity contribution is 7.91. The molecule has 0 amide bonds. The Morgan fingerprint density at radius 3 is 2.65 bits per heavy atom. The molecule has 0 saturated carbocycles. The van der Waals surface area contributed by atoms with E-state index in [2.05, 4.69) is 15.3 Å². The number of ether oxygens (including phenoxy) is 1. The normalized spacial score (nSPS) is 11.3. The van der Waals surface area contributed by atoms with Crippen molar-refractivity contribution in [1.82, 2.24) is 9.97 Å². The SMILES string of the molecule is CCS(=O)(=O)c1cccc(Nc2cc(Oc3sc(N)nc3-c3ccccc3)ccn2)c1. The van der Waals surface area contributed by atoms with Crippen LogP contribution in [0.2, 0.25) is 0 Å². The average molecular weight is 453 g/mol. The minimum Gasteiger partial charge on any atom is -0.444 e. The predicted octanol–water partition coefficient (Wildman–Crippen LogP) is 5.12. The van der Waals surface area contributed by atoms with E-state index in [4.69, 9.17) is 10.5 Å². The molecule has 9 heteroatoms. The molecule has 0 aliphatic rings. The van der Waals surface area contributed by atoms with Crippen molar-refractivity contribution < 1.29 is 13.2 Å². The molecule has 0 spiro atoms. The van der Waals surface area contributed by atoms with Crippen LogP contribution < -0.4 is 15.8 Å². The summed E-state index contributed by atoms with van der Waals surface area (Å²) in [5.41, 5.74) is 8.12. The molecule has 0 fully saturated rings. The largest absolute Gasteiger partial charge is 0.444 e. The molecular weight excluding hydrogens is 432 g/mol. The molecule has 0 aliphatic carbocycles. The highest BCUT2D eigenvalue weighted by atomic mass is 32.2. The summed E-state index contributed by atoms with van der Waals surface area (Å²) >= 11 is 1.26. The number of pyridine rings is 1. The summed E-state index contributed by atoms with van der Waals surface area (Å²) in [6, 6.07) is 19.8. The summed E-state index contributed by atoms with van der Waals surface area (Å²) in [5.74, 6) is 1.11. The van der Waals surface area contributed by atoms with Crippen molar-refractivity contribution in [1.29, 1.82) is 0 Å². The van der Waals surface area contributed by atoms with Gasteiger partial charge in [0.05, 0.1) is 10.6 Å². The van der Waals surface area contributed by atoms with Crippen LogP contribution in [0.5, 0.6) is 10.8 Å². The lowest BCUT2D eigenvalue weighted by atomic mass is 10.2. The summed E-state index contributed by atoms with van der Waals surface area (Å²) in [6.45, 7) is 1.62. The van der Waals surface area contributed by atoms with Crippen LogP contribution in [0.1, 0.15) is 6.92 Å². The van der Waals surface area contributed by atoms with E-state index in [0.29, 0.717) is 33.1 Å². The topological polar surface area (TPSA) is 107 Å². The molecule has 0 atom stereocenters. The van der Waals surface area contributed by atoms with Crippen LogP contribution in [0, 0.1) is 0 Å². The van der Waals surface area contributed by atoms with Gasteiger partial charge in [0.1, 0.15) is 17.3 Å². The molecule has 4 rings (SSSR count). The first-order valence-corrected chi connectivity index (χ1v) is 12.0. The third-order valence-electron chi connectivity index (χ3n) is 4.45. The van der Waals surface area contributed by atoms with Crippen molar-refractivity contribution >= 4 is 37.8 Å². The predicted molar refractivity (Wildman–Crippen MR) is 124 cm³/mol. The monoisotopic (exact) mass is 452 g/mol. The van der Waals surface area contributed by atoms with Crippen LogP contribution in [0.15, 0.2) is 77.8 Å². The van der Waals surface area contributed by atoms with Gasteiger partial charge in [-0.15, -0.1) is 0 Å². The first-order chi connectivity index (χ1) is 14.9. The Hall–Kier alpha value is -3.43.